The van der Waals surface area contributed by atoms with Crippen molar-refractivity contribution in [3.8, 4) is 0 Å². The van der Waals surface area contributed by atoms with E-state index < -0.39 is 5.41 Å². The maximum Gasteiger partial charge on any atom is 0.318 e. The van der Waals surface area contributed by atoms with Crippen LogP contribution in [0.25, 0.3) is 0 Å². The van der Waals surface area contributed by atoms with E-state index in [9.17, 15) is 9.59 Å². The molecule has 1 saturated carbocycles. The van der Waals surface area contributed by atoms with E-state index in [4.69, 9.17) is 14.2 Å². The lowest BCUT2D eigenvalue weighted by molar-refractivity contribution is -0.157. The zero-order chi connectivity index (χ0) is 22.7. The lowest BCUT2D eigenvalue weighted by Gasteiger charge is -2.40. The second kappa shape index (κ2) is 9.63. The SMILES string of the molecule is CCOC(=O)C1(C)CCC(N2CC3(CCN(COCOC(C)(C)C)CC3)NC2=O)CC1. The molecule has 0 aromatic carbocycles. The van der Waals surface area contributed by atoms with Crippen LogP contribution in [0.2, 0.25) is 0 Å². The summed E-state index contributed by atoms with van der Waals surface area (Å²) >= 11 is 0. The molecular weight excluding hydrogens is 398 g/mol. The molecule has 0 atom stereocenters. The minimum Gasteiger partial charge on any atom is -0.466 e. The van der Waals surface area contributed by atoms with Crippen molar-refractivity contribution >= 4 is 12.0 Å². The summed E-state index contributed by atoms with van der Waals surface area (Å²) in [5, 5.41) is 3.29. The first-order valence-corrected chi connectivity index (χ1v) is 11.8. The van der Waals surface area contributed by atoms with Crippen LogP contribution in [0.15, 0.2) is 0 Å². The van der Waals surface area contributed by atoms with Crippen molar-refractivity contribution in [3.63, 3.8) is 0 Å². The highest BCUT2D eigenvalue weighted by molar-refractivity contribution is 5.79. The zero-order valence-corrected chi connectivity index (χ0v) is 20.0. The van der Waals surface area contributed by atoms with Crippen LogP contribution in [-0.2, 0) is 19.0 Å². The van der Waals surface area contributed by atoms with Crippen molar-refractivity contribution in [3.05, 3.63) is 0 Å². The molecule has 1 N–H and O–H groups in total. The maximum absolute atomic E-state index is 12.8. The minimum absolute atomic E-state index is 0.0491. The third-order valence-corrected chi connectivity index (χ3v) is 7.04. The van der Waals surface area contributed by atoms with Crippen LogP contribution < -0.4 is 5.32 Å². The third-order valence-electron chi connectivity index (χ3n) is 7.04. The van der Waals surface area contributed by atoms with Crippen LogP contribution in [-0.4, -0.2) is 78.7 Å². The number of esters is 1. The normalized spacial score (nSPS) is 29.3. The molecule has 3 aliphatic rings. The van der Waals surface area contributed by atoms with Gasteiger partial charge in [0.1, 0.15) is 13.5 Å². The van der Waals surface area contributed by atoms with Gasteiger partial charge in [0.15, 0.2) is 0 Å². The molecule has 1 spiro atoms. The van der Waals surface area contributed by atoms with Crippen molar-refractivity contribution in [2.75, 3.05) is 39.8 Å². The Morgan fingerprint density at radius 2 is 1.81 bits per heavy atom. The lowest BCUT2D eigenvalue weighted by Crippen LogP contribution is -2.53. The first kappa shape index (κ1) is 24.3. The quantitative estimate of drug-likeness (QED) is 0.373. The molecule has 178 valence electrons. The molecule has 1 aliphatic carbocycles. The number of amides is 2. The van der Waals surface area contributed by atoms with Gasteiger partial charge in [0.25, 0.3) is 0 Å². The van der Waals surface area contributed by atoms with E-state index in [-0.39, 0.29) is 29.2 Å². The summed E-state index contributed by atoms with van der Waals surface area (Å²) in [6.45, 7) is 13.7. The fourth-order valence-corrected chi connectivity index (χ4v) is 4.87. The third kappa shape index (κ3) is 6.11. The van der Waals surface area contributed by atoms with Gasteiger partial charge in [-0.15, -0.1) is 0 Å². The molecule has 0 aromatic heterocycles. The van der Waals surface area contributed by atoms with Crippen LogP contribution in [0, 0.1) is 5.41 Å². The van der Waals surface area contributed by atoms with Crippen molar-refractivity contribution in [1.82, 2.24) is 15.1 Å². The van der Waals surface area contributed by atoms with Crippen LogP contribution >= 0.6 is 0 Å². The van der Waals surface area contributed by atoms with E-state index in [1.54, 1.807) is 0 Å². The topological polar surface area (TPSA) is 80.3 Å². The van der Waals surface area contributed by atoms with Crippen LogP contribution in [0.5, 0.6) is 0 Å². The number of carbonyl (C=O) groups is 2. The summed E-state index contributed by atoms with van der Waals surface area (Å²) in [5.41, 5.74) is -0.754. The number of urea groups is 1. The molecule has 2 saturated heterocycles. The molecule has 0 radical (unpaired) electrons. The van der Waals surface area contributed by atoms with Gasteiger partial charge in [-0.1, -0.05) is 0 Å². The number of rotatable bonds is 7. The van der Waals surface area contributed by atoms with Crippen LogP contribution in [0.4, 0.5) is 4.79 Å². The second-order valence-corrected chi connectivity index (χ2v) is 10.7. The minimum atomic E-state index is -0.414. The molecule has 2 aliphatic heterocycles. The van der Waals surface area contributed by atoms with E-state index in [1.165, 1.54) is 0 Å². The van der Waals surface area contributed by atoms with Gasteiger partial charge in [-0.3, -0.25) is 9.69 Å². The number of hydrogen-bond acceptors (Lipinski definition) is 6. The molecule has 31 heavy (non-hydrogen) atoms. The average Bonchev–Trinajstić information content (AvgIpc) is 3.02. The Bertz CT molecular complexity index is 632. The van der Waals surface area contributed by atoms with Crippen molar-refractivity contribution in [2.45, 2.75) is 90.3 Å². The highest BCUT2D eigenvalue weighted by Gasteiger charge is 2.48. The lowest BCUT2D eigenvalue weighted by atomic mass is 9.73. The molecule has 2 heterocycles. The van der Waals surface area contributed by atoms with E-state index in [0.29, 0.717) is 20.1 Å². The molecule has 0 unspecified atom stereocenters. The summed E-state index contributed by atoms with van der Waals surface area (Å²) in [6.07, 6.45) is 5.10. The molecule has 3 fully saturated rings. The molecule has 0 aromatic rings. The van der Waals surface area contributed by atoms with Crippen molar-refractivity contribution < 1.29 is 23.8 Å². The summed E-state index contributed by atoms with van der Waals surface area (Å²) in [6, 6.07) is 0.255. The number of piperidine rings is 1. The van der Waals surface area contributed by atoms with Gasteiger partial charge in [-0.05, 0) is 73.1 Å². The van der Waals surface area contributed by atoms with Gasteiger partial charge < -0.3 is 24.4 Å². The molecule has 8 nitrogen and oxygen atoms in total. The van der Waals surface area contributed by atoms with Gasteiger partial charge in [0.2, 0.25) is 0 Å². The monoisotopic (exact) mass is 439 g/mol. The van der Waals surface area contributed by atoms with Gasteiger partial charge in [-0.2, -0.15) is 0 Å². The average molecular weight is 440 g/mol. The zero-order valence-electron chi connectivity index (χ0n) is 20.0. The number of nitrogens with one attached hydrogen (secondary N) is 1. The number of hydrogen-bond donors (Lipinski definition) is 1. The fourth-order valence-electron chi connectivity index (χ4n) is 4.87. The Balaban J connectivity index is 1.44. The Kier molecular flexibility index (Phi) is 7.54. The van der Waals surface area contributed by atoms with E-state index in [1.807, 2.05) is 39.5 Å². The second-order valence-electron chi connectivity index (χ2n) is 10.7. The Labute approximate surface area is 186 Å². The summed E-state index contributed by atoms with van der Waals surface area (Å²) in [7, 11) is 0. The van der Waals surface area contributed by atoms with E-state index >= 15 is 0 Å². The number of nitrogens with zero attached hydrogens (tertiary/aromatic N) is 2. The smallest absolute Gasteiger partial charge is 0.318 e. The standard InChI is InChI=1S/C23H41N3O5/c1-6-30-19(27)22(5)9-7-18(8-10-22)26-15-23(24-20(26)28)11-13-25(14-12-23)16-29-17-31-21(2,3)4/h18H,6-17H2,1-5H3,(H,24,28). The van der Waals surface area contributed by atoms with Gasteiger partial charge in [0.05, 0.1) is 23.2 Å². The first-order valence-electron chi connectivity index (χ1n) is 11.8. The molecule has 3 rings (SSSR count). The predicted octanol–water partition coefficient (Wildman–Crippen LogP) is 3.10. The van der Waals surface area contributed by atoms with Crippen molar-refractivity contribution in [2.24, 2.45) is 5.41 Å². The molecule has 0 bridgehead atoms. The maximum atomic E-state index is 12.8. The number of ether oxygens (including phenoxy) is 3. The van der Waals surface area contributed by atoms with Crippen LogP contribution in [0.3, 0.4) is 0 Å². The summed E-state index contributed by atoms with van der Waals surface area (Å²) in [5.74, 6) is -0.0988. The first-order chi connectivity index (χ1) is 14.6. The Morgan fingerprint density at radius 3 is 2.39 bits per heavy atom. The van der Waals surface area contributed by atoms with Crippen molar-refractivity contribution in [1.29, 1.82) is 0 Å². The Morgan fingerprint density at radius 1 is 1.16 bits per heavy atom. The summed E-state index contributed by atoms with van der Waals surface area (Å²) in [4.78, 5) is 29.4. The van der Waals surface area contributed by atoms with Crippen LogP contribution in [0.1, 0.15) is 73.1 Å². The van der Waals surface area contributed by atoms with E-state index in [2.05, 4.69) is 10.2 Å². The van der Waals surface area contributed by atoms with Gasteiger partial charge in [-0.25, -0.2) is 4.79 Å². The highest BCUT2D eigenvalue weighted by Crippen LogP contribution is 2.40. The molecular formula is C23H41N3O5. The van der Waals surface area contributed by atoms with Gasteiger partial charge in [0, 0.05) is 25.7 Å². The van der Waals surface area contributed by atoms with E-state index in [0.717, 1.165) is 58.2 Å². The predicted molar refractivity (Wildman–Crippen MR) is 117 cm³/mol. The molecule has 8 heteroatoms. The Hall–Kier alpha value is -1.38. The van der Waals surface area contributed by atoms with Gasteiger partial charge >= 0.3 is 12.0 Å². The molecule has 2 amide bonds. The largest absolute Gasteiger partial charge is 0.466 e. The summed E-state index contributed by atoms with van der Waals surface area (Å²) < 4.78 is 16.5. The fraction of sp³-hybridized carbons (Fsp3) is 0.913. The number of likely N-dealkylation sites (tertiary alicyclic amines) is 1. The number of carbonyl (C=O) groups excluding carboxylic acids is 2. The highest BCUT2D eigenvalue weighted by atomic mass is 16.7.